The maximum Gasteiger partial charge on any atom is 0.242 e. The van der Waals surface area contributed by atoms with Crippen molar-refractivity contribution < 1.29 is 19.1 Å². The predicted molar refractivity (Wildman–Crippen MR) is 130 cm³/mol. The van der Waals surface area contributed by atoms with Gasteiger partial charge in [0, 0.05) is 24.0 Å². The average molecular weight is 505 g/mol. The molecule has 32 heavy (non-hydrogen) atoms. The van der Waals surface area contributed by atoms with Crippen molar-refractivity contribution in [3.05, 3.63) is 58.6 Å². The van der Waals surface area contributed by atoms with Crippen LogP contribution in [0.3, 0.4) is 0 Å². The summed E-state index contributed by atoms with van der Waals surface area (Å²) in [6.45, 7) is 5.28. The van der Waals surface area contributed by atoms with Gasteiger partial charge in [-0.25, -0.2) is 0 Å². The van der Waals surface area contributed by atoms with Gasteiger partial charge in [0.2, 0.25) is 11.8 Å². The molecule has 0 aliphatic carbocycles. The smallest absolute Gasteiger partial charge is 0.242 e. The van der Waals surface area contributed by atoms with Crippen molar-refractivity contribution >= 4 is 27.7 Å². The van der Waals surface area contributed by atoms with Crippen LogP contribution in [0.25, 0.3) is 0 Å². The van der Waals surface area contributed by atoms with Crippen molar-refractivity contribution in [2.45, 2.75) is 52.1 Å². The minimum absolute atomic E-state index is 0.0654. The topological polar surface area (TPSA) is 67.9 Å². The van der Waals surface area contributed by atoms with Gasteiger partial charge in [0.05, 0.1) is 13.7 Å². The average Bonchev–Trinajstić information content (AvgIpc) is 2.81. The van der Waals surface area contributed by atoms with E-state index in [-0.39, 0.29) is 11.8 Å². The van der Waals surface area contributed by atoms with Gasteiger partial charge in [0.25, 0.3) is 0 Å². The van der Waals surface area contributed by atoms with Crippen LogP contribution < -0.4 is 14.8 Å². The Morgan fingerprint density at radius 2 is 1.69 bits per heavy atom. The van der Waals surface area contributed by atoms with Crippen LogP contribution in [0.1, 0.15) is 45.1 Å². The van der Waals surface area contributed by atoms with Gasteiger partial charge in [0.1, 0.15) is 17.5 Å². The van der Waals surface area contributed by atoms with Crippen molar-refractivity contribution in [2.75, 3.05) is 20.3 Å². The first-order valence-corrected chi connectivity index (χ1v) is 11.8. The summed E-state index contributed by atoms with van der Waals surface area (Å²) in [5.41, 5.74) is 0.976. The number of methoxy groups -OCH3 is 1. The van der Waals surface area contributed by atoms with Crippen molar-refractivity contribution in [3.8, 4) is 11.5 Å². The molecule has 0 saturated heterocycles. The molecule has 0 spiro atoms. The Bertz CT molecular complexity index is 840. The van der Waals surface area contributed by atoms with Gasteiger partial charge >= 0.3 is 0 Å². The minimum atomic E-state index is -0.550. The second-order valence-electron chi connectivity index (χ2n) is 7.60. The number of nitrogens with zero attached hydrogens (tertiary/aromatic N) is 1. The monoisotopic (exact) mass is 504 g/mol. The molecule has 0 aliphatic rings. The molecule has 0 heterocycles. The number of carbonyl (C=O) groups excluding carboxylic acids is 2. The van der Waals surface area contributed by atoms with E-state index in [0.717, 1.165) is 34.4 Å². The largest absolute Gasteiger partial charge is 0.497 e. The maximum atomic E-state index is 13.0. The van der Waals surface area contributed by atoms with Gasteiger partial charge in [-0.2, -0.15) is 0 Å². The quantitative estimate of drug-likeness (QED) is 0.391. The predicted octanol–water partition coefficient (Wildman–Crippen LogP) is 4.95. The summed E-state index contributed by atoms with van der Waals surface area (Å²) in [4.78, 5) is 27.3. The Morgan fingerprint density at radius 1 is 1.03 bits per heavy atom. The molecule has 6 nitrogen and oxygen atoms in total. The standard InChI is InChI=1S/C25H33BrN2O4/c1-4-5-16-27-25(30)19(2)28(18-20-8-10-21(26)11-9-20)24(29)7-6-17-32-23-14-12-22(31-3)13-15-23/h8-15,19H,4-7,16-18H2,1-3H3,(H,27,30)/t19-/m0/s1. The molecule has 2 aromatic carbocycles. The minimum Gasteiger partial charge on any atom is -0.497 e. The van der Waals surface area contributed by atoms with E-state index in [9.17, 15) is 9.59 Å². The van der Waals surface area contributed by atoms with E-state index in [1.54, 1.807) is 18.9 Å². The zero-order valence-electron chi connectivity index (χ0n) is 19.1. The fourth-order valence-electron chi connectivity index (χ4n) is 3.13. The number of benzene rings is 2. The molecule has 0 bridgehead atoms. The molecule has 7 heteroatoms. The lowest BCUT2D eigenvalue weighted by Gasteiger charge is -2.29. The highest BCUT2D eigenvalue weighted by molar-refractivity contribution is 9.10. The fourth-order valence-corrected chi connectivity index (χ4v) is 3.40. The van der Waals surface area contributed by atoms with Crippen LogP contribution in [0, 0.1) is 0 Å². The number of carbonyl (C=O) groups is 2. The first-order valence-electron chi connectivity index (χ1n) is 11.0. The molecule has 0 saturated carbocycles. The molecular weight excluding hydrogens is 472 g/mol. The van der Waals surface area contributed by atoms with Gasteiger partial charge in [-0.05, 0) is 61.7 Å². The Kier molecular flexibility index (Phi) is 11.1. The summed E-state index contributed by atoms with van der Waals surface area (Å²) in [5, 5.41) is 2.94. The molecule has 1 N–H and O–H groups in total. The fraction of sp³-hybridized carbons (Fsp3) is 0.440. The molecule has 2 aromatic rings. The van der Waals surface area contributed by atoms with E-state index in [1.807, 2.05) is 48.5 Å². The number of unbranched alkanes of at least 4 members (excludes halogenated alkanes) is 1. The van der Waals surface area contributed by atoms with Gasteiger partial charge in [-0.15, -0.1) is 0 Å². The lowest BCUT2D eigenvalue weighted by molar-refractivity contribution is -0.140. The van der Waals surface area contributed by atoms with E-state index >= 15 is 0 Å². The van der Waals surface area contributed by atoms with Crippen molar-refractivity contribution in [3.63, 3.8) is 0 Å². The van der Waals surface area contributed by atoms with Crippen LogP contribution in [0.4, 0.5) is 0 Å². The van der Waals surface area contributed by atoms with Crippen LogP contribution in [0.15, 0.2) is 53.0 Å². The molecule has 174 valence electrons. The van der Waals surface area contributed by atoms with Crippen molar-refractivity contribution in [2.24, 2.45) is 0 Å². The summed E-state index contributed by atoms with van der Waals surface area (Å²) in [7, 11) is 1.62. The lowest BCUT2D eigenvalue weighted by Crippen LogP contribution is -2.47. The number of hydrogen-bond acceptors (Lipinski definition) is 4. The number of nitrogens with one attached hydrogen (secondary N) is 1. The third-order valence-electron chi connectivity index (χ3n) is 5.13. The van der Waals surface area contributed by atoms with Crippen LogP contribution in [0.2, 0.25) is 0 Å². The van der Waals surface area contributed by atoms with Crippen molar-refractivity contribution in [1.82, 2.24) is 10.2 Å². The number of rotatable bonds is 13. The SMILES string of the molecule is CCCCNC(=O)[C@H](C)N(Cc1ccc(Br)cc1)C(=O)CCCOc1ccc(OC)cc1. The van der Waals surface area contributed by atoms with Crippen molar-refractivity contribution in [1.29, 1.82) is 0 Å². The zero-order valence-corrected chi connectivity index (χ0v) is 20.7. The molecule has 0 radical (unpaired) electrons. The number of amides is 2. The first kappa shape index (κ1) is 25.7. The summed E-state index contributed by atoms with van der Waals surface area (Å²) in [6.07, 6.45) is 2.79. The van der Waals surface area contributed by atoms with E-state index in [2.05, 4.69) is 28.2 Å². The second kappa shape index (κ2) is 13.8. The van der Waals surface area contributed by atoms with E-state index in [1.165, 1.54) is 0 Å². The van der Waals surface area contributed by atoms with Crippen LogP contribution in [-0.2, 0) is 16.1 Å². The van der Waals surface area contributed by atoms with E-state index in [0.29, 0.717) is 32.5 Å². The molecule has 0 aliphatic heterocycles. The second-order valence-corrected chi connectivity index (χ2v) is 8.51. The maximum absolute atomic E-state index is 13.0. The highest BCUT2D eigenvalue weighted by Gasteiger charge is 2.25. The van der Waals surface area contributed by atoms with Crippen LogP contribution in [0.5, 0.6) is 11.5 Å². The first-order chi connectivity index (χ1) is 15.4. The molecule has 2 rings (SSSR count). The molecule has 2 amide bonds. The van der Waals surface area contributed by atoms with E-state index in [4.69, 9.17) is 9.47 Å². The van der Waals surface area contributed by atoms with Crippen LogP contribution >= 0.6 is 15.9 Å². The molecular formula is C25H33BrN2O4. The third-order valence-corrected chi connectivity index (χ3v) is 5.65. The number of halogens is 1. The molecule has 1 atom stereocenters. The number of ether oxygens (including phenoxy) is 2. The summed E-state index contributed by atoms with van der Waals surface area (Å²) in [6, 6.07) is 14.6. The molecule has 0 aromatic heterocycles. The molecule has 0 fully saturated rings. The van der Waals surface area contributed by atoms with Gasteiger partial charge in [-0.1, -0.05) is 41.4 Å². The van der Waals surface area contributed by atoms with Gasteiger partial charge in [-0.3, -0.25) is 9.59 Å². The lowest BCUT2D eigenvalue weighted by atomic mass is 10.1. The van der Waals surface area contributed by atoms with E-state index < -0.39 is 6.04 Å². The highest BCUT2D eigenvalue weighted by Crippen LogP contribution is 2.18. The highest BCUT2D eigenvalue weighted by atomic mass is 79.9. The Hall–Kier alpha value is -2.54. The Balaban J connectivity index is 1.95. The Morgan fingerprint density at radius 3 is 2.31 bits per heavy atom. The summed E-state index contributed by atoms with van der Waals surface area (Å²) >= 11 is 3.43. The molecule has 0 unspecified atom stereocenters. The third kappa shape index (κ3) is 8.54. The summed E-state index contributed by atoms with van der Waals surface area (Å²) in [5.74, 6) is 1.30. The Labute approximate surface area is 199 Å². The zero-order chi connectivity index (χ0) is 23.3. The van der Waals surface area contributed by atoms with Gasteiger partial charge < -0.3 is 19.7 Å². The van der Waals surface area contributed by atoms with Crippen LogP contribution in [-0.4, -0.2) is 43.0 Å². The van der Waals surface area contributed by atoms with Gasteiger partial charge in [0.15, 0.2) is 0 Å². The summed E-state index contributed by atoms with van der Waals surface area (Å²) < 4.78 is 11.8. The number of hydrogen-bond donors (Lipinski definition) is 1. The normalized spacial score (nSPS) is 11.5.